The molecule has 9 heteroatoms. The zero-order valence-corrected chi connectivity index (χ0v) is 19.9. The number of benzene rings is 2. The molecular formula is C25H26ClNO7. The van der Waals surface area contributed by atoms with E-state index < -0.39 is 24.6 Å². The van der Waals surface area contributed by atoms with Crippen LogP contribution in [-0.4, -0.2) is 53.9 Å². The van der Waals surface area contributed by atoms with Gasteiger partial charge in [-0.1, -0.05) is 11.6 Å². The van der Waals surface area contributed by atoms with Gasteiger partial charge in [0.2, 0.25) is 0 Å². The molecule has 0 saturated heterocycles. The van der Waals surface area contributed by atoms with Crippen molar-refractivity contribution in [3.05, 3.63) is 64.3 Å². The quantitative estimate of drug-likeness (QED) is 0.459. The highest BCUT2D eigenvalue weighted by Gasteiger charge is 2.23. The van der Waals surface area contributed by atoms with Gasteiger partial charge in [-0.2, -0.15) is 0 Å². The molecule has 0 saturated carbocycles. The van der Waals surface area contributed by atoms with Crippen LogP contribution >= 0.6 is 11.6 Å². The van der Waals surface area contributed by atoms with Gasteiger partial charge in [0.15, 0.2) is 6.61 Å². The number of carbonyl (C=O) groups excluding carboxylic acids is 3. The third kappa shape index (κ3) is 5.76. The van der Waals surface area contributed by atoms with Gasteiger partial charge in [0.05, 0.1) is 19.0 Å². The Labute approximate surface area is 202 Å². The molecule has 1 N–H and O–H groups in total. The summed E-state index contributed by atoms with van der Waals surface area (Å²) in [6, 6.07) is 11.8. The second-order valence-electron chi connectivity index (χ2n) is 7.74. The van der Waals surface area contributed by atoms with Crippen molar-refractivity contribution in [3.8, 4) is 5.75 Å². The van der Waals surface area contributed by atoms with Gasteiger partial charge in [-0.25, -0.2) is 4.79 Å². The number of nitrogens with zero attached hydrogens (tertiary/aromatic N) is 1. The van der Waals surface area contributed by atoms with Crippen LogP contribution in [0.2, 0.25) is 5.02 Å². The summed E-state index contributed by atoms with van der Waals surface area (Å²) in [4.78, 5) is 37.7. The van der Waals surface area contributed by atoms with Crippen LogP contribution in [0.15, 0.2) is 42.5 Å². The molecule has 1 aromatic heterocycles. The molecule has 3 aromatic rings. The molecule has 1 heterocycles. The summed E-state index contributed by atoms with van der Waals surface area (Å²) in [6.07, 6.45) is -0.347. The lowest BCUT2D eigenvalue weighted by Crippen LogP contribution is -2.22. The molecule has 0 aliphatic rings. The molecule has 1 unspecified atom stereocenters. The van der Waals surface area contributed by atoms with Crippen LogP contribution < -0.4 is 4.74 Å². The lowest BCUT2D eigenvalue weighted by molar-refractivity contribution is -0.161. The Bertz CT molecular complexity index is 1200. The predicted octanol–water partition coefficient (Wildman–Crippen LogP) is 3.70. The number of methoxy groups -OCH3 is 1. The number of fused-ring (bicyclic) bond motifs is 1. The smallest absolute Gasteiger partial charge is 0.344 e. The number of hydrogen-bond acceptors (Lipinski definition) is 7. The van der Waals surface area contributed by atoms with Gasteiger partial charge in [-0.3, -0.25) is 14.2 Å². The Kier molecular flexibility index (Phi) is 8.31. The maximum Gasteiger partial charge on any atom is 0.344 e. The molecule has 0 spiro atoms. The zero-order valence-electron chi connectivity index (χ0n) is 19.2. The average Bonchev–Trinajstić information content (AvgIpc) is 3.08. The Morgan fingerprint density at radius 1 is 1.09 bits per heavy atom. The molecule has 0 bridgehead atoms. The highest BCUT2D eigenvalue weighted by Crippen LogP contribution is 2.31. The van der Waals surface area contributed by atoms with E-state index >= 15 is 0 Å². The van der Waals surface area contributed by atoms with Crippen LogP contribution in [0.3, 0.4) is 0 Å². The van der Waals surface area contributed by atoms with Gasteiger partial charge >= 0.3 is 11.9 Å². The highest BCUT2D eigenvalue weighted by atomic mass is 35.5. The number of aromatic nitrogens is 1. The molecule has 180 valence electrons. The first-order valence-electron chi connectivity index (χ1n) is 10.7. The Balaban J connectivity index is 1.87. The number of rotatable bonds is 9. The summed E-state index contributed by atoms with van der Waals surface area (Å²) < 4.78 is 17.0. The van der Waals surface area contributed by atoms with Crippen LogP contribution in [0.25, 0.3) is 10.9 Å². The Morgan fingerprint density at radius 2 is 1.79 bits per heavy atom. The molecular weight excluding hydrogens is 462 g/mol. The van der Waals surface area contributed by atoms with Crippen LogP contribution in [0.4, 0.5) is 0 Å². The van der Waals surface area contributed by atoms with Gasteiger partial charge in [0.1, 0.15) is 11.9 Å². The van der Waals surface area contributed by atoms with Crippen LogP contribution in [0, 0.1) is 6.92 Å². The molecule has 3 rings (SSSR count). The van der Waals surface area contributed by atoms with E-state index in [2.05, 4.69) is 0 Å². The van der Waals surface area contributed by atoms with E-state index in [1.165, 1.54) is 11.7 Å². The number of hydrogen-bond donors (Lipinski definition) is 1. The number of carbonyl (C=O) groups is 3. The van der Waals surface area contributed by atoms with E-state index in [4.69, 9.17) is 30.9 Å². The number of aliphatic hydroxyl groups excluding tert-OH is 1. The number of halogens is 1. The third-order valence-electron chi connectivity index (χ3n) is 5.38. The molecule has 8 nitrogen and oxygen atoms in total. The lowest BCUT2D eigenvalue weighted by Gasteiger charge is -2.12. The summed E-state index contributed by atoms with van der Waals surface area (Å²) in [6.45, 7) is 2.72. The SMILES string of the molecule is COc1ccc2c(c1)c(CC(=O)OCC(=O)OC(C)CCO)c(C)n2C(=O)c1ccc(Cl)cc1. The standard InChI is InChI=1S/C25H26ClNO7/c1-15(10-11-28)34-24(30)14-33-23(29)13-20-16(2)27(22-9-8-19(32-3)12-21(20)22)25(31)17-4-6-18(26)7-5-17/h4-9,12,15,28H,10-11,13-14H2,1-3H3. The predicted molar refractivity (Wildman–Crippen MR) is 126 cm³/mol. The normalized spacial score (nSPS) is 11.8. The second kappa shape index (κ2) is 11.2. The zero-order chi connectivity index (χ0) is 24.8. The monoisotopic (exact) mass is 487 g/mol. The maximum absolute atomic E-state index is 13.3. The molecule has 2 aromatic carbocycles. The van der Waals surface area contributed by atoms with Gasteiger partial charge in [-0.15, -0.1) is 0 Å². The molecule has 0 aliphatic heterocycles. The Hall–Kier alpha value is -3.36. The minimum Gasteiger partial charge on any atom is -0.497 e. The third-order valence-corrected chi connectivity index (χ3v) is 5.63. The molecule has 0 radical (unpaired) electrons. The summed E-state index contributed by atoms with van der Waals surface area (Å²) in [5.74, 6) is -1.05. The van der Waals surface area contributed by atoms with Crippen molar-refractivity contribution in [1.29, 1.82) is 0 Å². The fraction of sp³-hybridized carbons (Fsp3) is 0.320. The van der Waals surface area contributed by atoms with Crippen molar-refractivity contribution in [3.63, 3.8) is 0 Å². The molecule has 1 atom stereocenters. The largest absolute Gasteiger partial charge is 0.497 e. The summed E-state index contributed by atoms with van der Waals surface area (Å²) in [5.41, 5.74) is 2.20. The number of esters is 2. The van der Waals surface area contributed by atoms with Gasteiger partial charge < -0.3 is 19.3 Å². The van der Waals surface area contributed by atoms with E-state index in [1.807, 2.05) is 0 Å². The first kappa shape index (κ1) is 25.3. The number of ether oxygens (including phenoxy) is 3. The van der Waals surface area contributed by atoms with E-state index in [1.54, 1.807) is 56.3 Å². The minimum atomic E-state index is -0.701. The molecule has 0 aliphatic carbocycles. The first-order chi connectivity index (χ1) is 16.2. The fourth-order valence-electron chi connectivity index (χ4n) is 3.63. The van der Waals surface area contributed by atoms with E-state index in [0.29, 0.717) is 44.9 Å². The summed E-state index contributed by atoms with van der Waals surface area (Å²) >= 11 is 5.95. The second-order valence-corrected chi connectivity index (χ2v) is 8.18. The van der Waals surface area contributed by atoms with Gasteiger partial charge in [0.25, 0.3) is 5.91 Å². The van der Waals surface area contributed by atoms with Crippen LogP contribution in [0.1, 0.15) is 35.0 Å². The molecule has 0 amide bonds. The summed E-state index contributed by atoms with van der Waals surface area (Å²) in [5, 5.41) is 10.1. The van der Waals surface area contributed by atoms with E-state index in [-0.39, 0.29) is 18.9 Å². The van der Waals surface area contributed by atoms with Crippen molar-refractivity contribution in [2.45, 2.75) is 32.8 Å². The van der Waals surface area contributed by atoms with Gasteiger partial charge in [-0.05, 0) is 61.9 Å². The van der Waals surface area contributed by atoms with Gasteiger partial charge in [0, 0.05) is 34.7 Å². The van der Waals surface area contributed by atoms with Crippen molar-refractivity contribution in [2.24, 2.45) is 0 Å². The highest BCUT2D eigenvalue weighted by molar-refractivity contribution is 6.30. The molecule has 0 fully saturated rings. The first-order valence-corrected chi connectivity index (χ1v) is 11.1. The van der Waals surface area contributed by atoms with Crippen LogP contribution in [0.5, 0.6) is 5.75 Å². The topological polar surface area (TPSA) is 104 Å². The van der Waals surface area contributed by atoms with Crippen LogP contribution in [-0.2, 0) is 25.5 Å². The molecule has 34 heavy (non-hydrogen) atoms. The van der Waals surface area contributed by atoms with Crippen molar-refractivity contribution in [1.82, 2.24) is 4.57 Å². The summed E-state index contributed by atoms with van der Waals surface area (Å²) in [7, 11) is 1.53. The number of aliphatic hydroxyl groups is 1. The van der Waals surface area contributed by atoms with Crippen molar-refractivity contribution < 1.29 is 33.7 Å². The van der Waals surface area contributed by atoms with Crippen molar-refractivity contribution >= 4 is 40.3 Å². The fourth-order valence-corrected chi connectivity index (χ4v) is 3.76. The minimum absolute atomic E-state index is 0.115. The van der Waals surface area contributed by atoms with E-state index in [0.717, 1.165) is 0 Å². The average molecular weight is 488 g/mol. The van der Waals surface area contributed by atoms with Crippen molar-refractivity contribution in [2.75, 3.05) is 20.3 Å². The Morgan fingerprint density at radius 3 is 2.44 bits per heavy atom. The lowest BCUT2D eigenvalue weighted by atomic mass is 10.1. The maximum atomic E-state index is 13.3. The van der Waals surface area contributed by atoms with E-state index in [9.17, 15) is 14.4 Å².